The third-order valence-corrected chi connectivity index (χ3v) is 7.47. The van der Waals surface area contributed by atoms with Crippen LogP contribution in [0.25, 0.3) is 0 Å². The van der Waals surface area contributed by atoms with Crippen molar-refractivity contribution in [2.45, 2.75) is 19.4 Å². The lowest BCUT2D eigenvalue weighted by Gasteiger charge is -2.36. The molecule has 1 atom stereocenters. The zero-order valence-corrected chi connectivity index (χ0v) is 23.5. The van der Waals surface area contributed by atoms with Crippen molar-refractivity contribution in [3.05, 3.63) is 72.0 Å². The zero-order chi connectivity index (χ0) is 28.1. The van der Waals surface area contributed by atoms with Gasteiger partial charge in [-0.3, -0.25) is 9.63 Å². The summed E-state index contributed by atoms with van der Waals surface area (Å²) < 4.78 is 5.77. The Morgan fingerprint density at radius 1 is 1.15 bits per heavy atom. The first kappa shape index (κ1) is 27.7. The fourth-order valence-corrected chi connectivity index (χ4v) is 5.17. The van der Waals surface area contributed by atoms with E-state index in [0.29, 0.717) is 40.4 Å². The number of anilines is 5. The molecule has 0 bridgehead atoms. The summed E-state index contributed by atoms with van der Waals surface area (Å²) in [5, 5.41) is 8.81. The fourth-order valence-electron chi connectivity index (χ4n) is 5.04. The highest BCUT2D eigenvalue weighted by molar-refractivity contribution is 6.30. The van der Waals surface area contributed by atoms with Gasteiger partial charge >= 0.3 is 0 Å². The highest BCUT2D eigenvalue weighted by atomic mass is 35.5. The number of methoxy groups -OCH3 is 1. The number of hydrogen-bond acceptors (Lipinski definition) is 9. The molecule has 11 heteroatoms. The lowest BCUT2D eigenvalue weighted by atomic mass is 10.0. The van der Waals surface area contributed by atoms with E-state index in [1.54, 1.807) is 7.11 Å². The van der Waals surface area contributed by atoms with Gasteiger partial charge in [0.05, 0.1) is 36.8 Å². The maximum atomic E-state index is 12.3. The van der Waals surface area contributed by atoms with Gasteiger partial charge in [0.15, 0.2) is 5.82 Å². The second kappa shape index (κ2) is 12.5. The second-order valence-corrected chi connectivity index (χ2v) is 10.0. The number of aromatic nitrogens is 2. The molecule has 0 saturated carbocycles. The molecule has 0 aliphatic carbocycles. The number of benzene rings is 2. The maximum absolute atomic E-state index is 12.3. The molecule has 2 aromatic carbocycles. The molecule has 210 valence electrons. The van der Waals surface area contributed by atoms with E-state index < -0.39 is 0 Å². The topological polar surface area (TPSA) is 95.1 Å². The number of nitrogens with one attached hydrogen (secondary N) is 2. The van der Waals surface area contributed by atoms with Gasteiger partial charge in [-0.05, 0) is 36.4 Å². The van der Waals surface area contributed by atoms with E-state index in [0.717, 1.165) is 50.4 Å². The number of nitrogens with zero attached hydrogens (tertiary/aromatic N) is 5. The smallest absolute Gasteiger partial charge is 0.247 e. The van der Waals surface area contributed by atoms with Crippen LogP contribution in [0.3, 0.4) is 0 Å². The number of hydrogen-bond donors (Lipinski definition) is 2. The summed E-state index contributed by atoms with van der Waals surface area (Å²) in [5.41, 5.74) is 3.31. The van der Waals surface area contributed by atoms with E-state index in [9.17, 15) is 4.79 Å². The number of carbonyl (C=O) groups is 1. The van der Waals surface area contributed by atoms with Gasteiger partial charge in [-0.2, -0.15) is 0 Å². The average Bonchev–Trinajstić information content (AvgIpc) is 3.48. The average molecular weight is 564 g/mol. The number of halogens is 1. The molecule has 2 N–H and O–H groups in total. The number of amides is 1. The molecule has 2 aliphatic heterocycles. The Labute approximate surface area is 239 Å². The molecule has 1 unspecified atom stereocenters. The highest BCUT2D eigenvalue weighted by Gasteiger charge is 2.29. The minimum Gasteiger partial charge on any atom is -0.494 e. The summed E-state index contributed by atoms with van der Waals surface area (Å²) in [7, 11) is 1.63. The minimum atomic E-state index is -0.284. The van der Waals surface area contributed by atoms with Crippen molar-refractivity contribution >= 4 is 46.2 Å². The number of hydroxylamine groups is 1. The van der Waals surface area contributed by atoms with Crippen LogP contribution in [0.5, 0.6) is 5.75 Å². The van der Waals surface area contributed by atoms with Gasteiger partial charge in [-0.1, -0.05) is 37.2 Å². The molecular weight excluding hydrogens is 530 g/mol. The van der Waals surface area contributed by atoms with Crippen LogP contribution in [0.1, 0.15) is 24.9 Å². The second-order valence-electron chi connectivity index (χ2n) is 9.59. The first-order valence-corrected chi connectivity index (χ1v) is 13.8. The third kappa shape index (κ3) is 6.14. The molecule has 2 saturated heterocycles. The van der Waals surface area contributed by atoms with E-state index in [-0.39, 0.29) is 11.9 Å². The van der Waals surface area contributed by atoms with Gasteiger partial charge < -0.3 is 25.2 Å². The fraction of sp³-hybridized carbons (Fsp3) is 0.345. The monoisotopic (exact) mass is 563 g/mol. The summed E-state index contributed by atoms with van der Waals surface area (Å²) in [6.45, 7) is 11.0. The Hall–Kier alpha value is -3.86. The predicted octanol–water partition coefficient (Wildman–Crippen LogP) is 5.03. The molecule has 2 aliphatic rings. The number of rotatable bonds is 9. The molecule has 5 rings (SSSR count). The molecule has 1 aromatic heterocycles. The largest absolute Gasteiger partial charge is 0.494 e. The molecule has 2 fully saturated rings. The standard InChI is InChI=1S/C29H34ClN7O3/c1-4-29(38)34-22-16-23(26(39-3)17-25(22)36-13-11-35(5-2)12-14-36)33-27-18-28(32-19-31-27)37-24(10-15-40-37)20-6-8-21(30)9-7-20/h4,6-9,16-19,24H,1,5,10-15H2,2-3H3,(H,34,38)(H,31,32,33). The van der Waals surface area contributed by atoms with E-state index in [1.165, 1.54) is 12.4 Å². The zero-order valence-electron chi connectivity index (χ0n) is 22.8. The Morgan fingerprint density at radius 2 is 1.93 bits per heavy atom. The minimum absolute atomic E-state index is 0.00253. The van der Waals surface area contributed by atoms with Crippen molar-refractivity contribution < 1.29 is 14.4 Å². The maximum Gasteiger partial charge on any atom is 0.247 e. The van der Waals surface area contributed by atoms with Crippen molar-refractivity contribution in [2.24, 2.45) is 0 Å². The van der Waals surface area contributed by atoms with E-state index in [4.69, 9.17) is 21.2 Å². The van der Waals surface area contributed by atoms with Crippen LogP contribution in [-0.2, 0) is 9.63 Å². The van der Waals surface area contributed by atoms with Gasteiger partial charge in [0.25, 0.3) is 0 Å². The Bertz CT molecular complexity index is 1350. The summed E-state index contributed by atoms with van der Waals surface area (Å²) in [6.07, 6.45) is 3.58. The molecular formula is C29H34ClN7O3. The van der Waals surface area contributed by atoms with Gasteiger partial charge in [0, 0.05) is 49.8 Å². The van der Waals surface area contributed by atoms with Gasteiger partial charge in [0.2, 0.25) is 5.91 Å². The van der Waals surface area contributed by atoms with Crippen LogP contribution in [0.4, 0.5) is 28.7 Å². The van der Waals surface area contributed by atoms with Crippen molar-refractivity contribution in [2.75, 3.05) is 67.0 Å². The number of likely N-dealkylation sites (N-methyl/N-ethyl adjacent to an activating group) is 1. The molecule has 1 amide bonds. The van der Waals surface area contributed by atoms with Crippen molar-refractivity contribution in [1.29, 1.82) is 0 Å². The number of carbonyl (C=O) groups excluding carboxylic acids is 1. The van der Waals surface area contributed by atoms with E-state index in [1.807, 2.05) is 47.5 Å². The Morgan fingerprint density at radius 3 is 2.62 bits per heavy atom. The summed E-state index contributed by atoms with van der Waals surface area (Å²) in [4.78, 5) is 31.9. The predicted molar refractivity (Wildman–Crippen MR) is 159 cm³/mol. The van der Waals surface area contributed by atoms with Crippen LogP contribution in [-0.4, -0.2) is 67.2 Å². The number of ether oxygens (including phenoxy) is 1. The van der Waals surface area contributed by atoms with E-state index in [2.05, 4.69) is 43.9 Å². The third-order valence-electron chi connectivity index (χ3n) is 7.22. The van der Waals surface area contributed by atoms with Crippen LogP contribution >= 0.6 is 11.6 Å². The normalized spacial score (nSPS) is 17.5. The SMILES string of the molecule is C=CC(=O)Nc1cc(Nc2cc(N3OCCC3c3ccc(Cl)cc3)ncn2)c(OC)cc1N1CCN(CC)CC1. The molecule has 0 radical (unpaired) electrons. The van der Waals surface area contributed by atoms with Crippen LogP contribution in [0, 0.1) is 0 Å². The molecule has 40 heavy (non-hydrogen) atoms. The van der Waals surface area contributed by atoms with Gasteiger partial charge in [-0.15, -0.1) is 0 Å². The summed E-state index contributed by atoms with van der Waals surface area (Å²) in [6, 6.07) is 13.4. The van der Waals surface area contributed by atoms with Crippen LogP contribution in [0.15, 0.2) is 61.4 Å². The van der Waals surface area contributed by atoms with E-state index >= 15 is 0 Å². The molecule has 0 spiro atoms. The van der Waals surface area contributed by atoms with Crippen molar-refractivity contribution in [1.82, 2.24) is 14.9 Å². The Kier molecular flexibility index (Phi) is 8.69. The first-order valence-electron chi connectivity index (χ1n) is 13.4. The molecule has 3 aromatic rings. The number of piperazine rings is 1. The van der Waals surface area contributed by atoms with Crippen molar-refractivity contribution in [3.8, 4) is 5.75 Å². The summed E-state index contributed by atoms with van der Waals surface area (Å²) in [5.74, 6) is 1.52. The van der Waals surface area contributed by atoms with Crippen LogP contribution < -0.4 is 25.3 Å². The van der Waals surface area contributed by atoms with Gasteiger partial charge in [0.1, 0.15) is 17.9 Å². The highest BCUT2D eigenvalue weighted by Crippen LogP contribution is 2.40. The molecule has 3 heterocycles. The lowest BCUT2D eigenvalue weighted by molar-refractivity contribution is -0.111. The summed E-state index contributed by atoms with van der Waals surface area (Å²) >= 11 is 6.09. The quantitative estimate of drug-likeness (QED) is 0.347. The molecule has 10 nitrogen and oxygen atoms in total. The van der Waals surface area contributed by atoms with Crippen molar-refractivity contribution in [3.63, 3.8) is 0 Å². The van der Waals surface area contributed by atoms with Crippen LogP contribution in [0.2, 0.25) is 5.02 Å². The Balaban J connectivity index is 1.42. The first-order chi connectivity index (χ1) is 19.5. The lowest BCUT2D eigenvalue weighted by Crippen LogP contribution is -2.46. The van der Waals surface area contributed by atoms with Gasteiger partial charge in [-0.25, -0.2) is 15.0 Å².